The summed E-state index contributed by atoms with van der Waals surface area (Å²) in [5.41, 5.74) is 2.52. The molecule has 146 valence electrons. The second-order valence-electron chi connectivity index (χ2n) is 7.34. The summed E-state index contributed by atoms with van der Waals surface area (Å²) in [5.74, 6) is 0.892. The molecule has 0 saturated carbocycles. The van der Waals surface area contributed by atoms with E-state index in [0.717, 1.165) is 32.0 Å². The van der Waals surface area contributed by atoms with Gasteiger partial charge in [0.1, 0.15) is 5.75 Å². The predicted octanol–water partition coefficient (Wildman–Crippen LogP) is 4.40. The first-order valence-electron chi connectivity index (χ1n) is 9.96. The Balaban J connectivity index is 1.40. The Kier molecular flexibility index (Phi) is 5.79. The summed E-state index contributed by atoms with van der Waals surface area (Å²) < 4.78 is 11.4. The van der Waals surface area contributed by atoms with Crippen LogP contribution in [0, 0.1) is 0 Å². The largest absolute Gasteiger partial charge is 0.497 e. The maximum atomic E-state index is 6.02. The van der Waals surface area contributed by atoms with Crippen molar-refractivity contribution in [2.75, 3.05) is 38.3 Å². The minimum Gasteiger partial charge on any atom is -0.497 e. The number of morpholine rings is 1. The van der Waals surface area contributed by atoms with E-state index in [-0.39, 0.29) is 12.1 Å². The summed E-state index contributed by atoms with van der Waals surface area (Å²) in [6, 6.07) is 23.6. The summed E-state index contributed by atoms with van der Waals surface area (Å²) in [4.78, 5) is 2.38. The fourth-order valence-corrected chi connectivity index (χ4v) is 3.93. The van der Waals surface area contributed by atoms with Gasteiger partial charge in [0.25, 0.3) is 0 Å². The highest BCUT2D eigenvalue weighted by Gasteiger charge is 2.22. The van der Waals surface area contributed by atoms with Gasteiger partial charge in [0.2, 0.25) is 0 Å². The van der Waals surface area contributed by atoms with Gasteiger partial charge >= 0.3 is 0 Å². The van der Waals surface area contributed by atoms with Crippen LogP contribution in [0.2, 0.25) is 0 Å². The van der Waals surface area contributed by atoms with Gasteiger partial charge in [-0.25, -0.2) is 0 Å². The van der Waals surface area contributed by atoms with Crippen LogP contribution in [0.3, 0.4) is 0 Å². The van der Waals surface area contributed by atoms with Crippen LogP contribution in [0.5, 0.6) is 5.75 Å². The van der Waals surface area contributed by atoms with Crippen LogP contribution in [0.1, 0.15) is 18.5 Å². The number of nitrogens with one attached hydrogen (secondary N) is 1. The topological polar surface area (TPSA) is 33.7 Å². The number of anilines is 1. The second-order valence-corrected chi connectivity index (χ2v) is 7.34. The van der Waals surface area contributed by atoms with Gasteiger partial charge < -0.3 is 19.7 Å². The van der Waals surface area contributed by atoms with Gasteiger partial charge in [0.15, 0.2) is 0 Å². The molecule has 0 aliphatic carbocycles. The molecule has 0 bridgehead atoms. The first-order chi connectivity index (χ1) is 13.7. The van der Waals surface area contributed by atoms with Crippen LogP contribution in [0.4, 0.5) is 5.69 Å². The van der Waals surface area contributed by atoms with Crippen molar-refractivity contribution in [3.8, 4) is 5.75 Å². The van der Waals surface area contributed by atoms with Crippen LogP contribution < -0.4 is 15.0 Å². The van der Waals surface area contributed by atoms with Gasteiger partial charge in [0, 0.05) is 37.4 Å². The Morgan fingerprint density at radius 1 is 1.11 bits per heavy atom. The predicted molar refractivity (Wildman–Crippen MR) is 115 cm³/mol. The average Bonchev–Trinajstić information content (AvgIpc) is 2.77. The zero-order chi connectivity index (χ0) is 19.3. The Bertz CT molecular complexity index is 922. The third-order valence-electron chi connectivity index (χ3n) is 5.50. The van der Waals surface area contributed by atoms with E-state index < -0.39 is 0 Å². The first kappa shape index (κ1) is 18.8. The fourth-order valence-electron chi connectivity index (χ4n) is 3.93. The van der Waals surface area contributed by atoms with E-state index in [9.17, 15) is 0 Å². The van der Waals surface area contributed by atoms with Gasteiger partial charge in [-0.2, -0.15) is 0 Å². The van der Waals surface area contributed by atoms with E-state index in [0.29, 0.717) is 0 Å². The lowest BCUT2D eigenvalue weighted by molar-refractivity contribution is 0.0394. The van der Waals surface area contributed by atoms with E-state index in [1.165, 1.54) is 22.0 Å². The minimum absolute atomic E-state index is 0.164. The summed E-state index contributed by atoms with van der Waals surface area (Å²) in [7, 11) is 1.71. The maximum Gasteiger partial charge on any atom is 0.120 e. The van der Waals surface area contributed by atoms with Gasteiger partial charge in [-0.3, -0.25) is 0 Å². The highest BCUT2D eigenvalue weighted by atomic mass is 16.5. The van der Waals surface area contributed by atoms with Crippen molar-refractivity contribution in [3.63, 3.8) is 0 Å². The van der Waals surface area contributed by atoms with Gasteiger partial charge in [0.05, 0.1) is 19.8 Å². The number of methoxy groups -OCH3 is 1. The SMILES string of the molecule is COc1cccc(N2CCOC(CNC(C)c3cccc4ccccc34)C2)c1. The molecule has 2 unspecified atom stereocenters. The Morgan fingerprint density at radius 2 is 1.93 bits per heavy atom. The van der Waals surface area contributed by atoms with Gasteiger partial charge in [-0.1, -0.05) is 48.5 Å². The van der Waals surface area contributed by atoms with Crippen LogP contribution in [-0.4, -0.2) is 39.5 Å². The molecule has 3 aromatic rings. The molecular weight excluding hydrogens is 348 g/mol. The molecule has 0 aromatic heterocycles. The normalized spacial score (nSPS) is 18.2. The van der Waals surface area contributed by atoms with E-state index in [4.69, 9.17) is 9.47 Å². The number of hydrogen-bond donors (Lipinski definition) is 1. The van der Waals surface area contributed by atoms with E-state index in [1.54, 1.807) is 7.11 Å². The zero-order valence-corrected chi connectivity index (χ0v) is 16.6. The molecule has 2 atom stereocenters. The Labute approximate surface area is 167 Å². The average molecular weight is 377 g/mol. The smallest absolute Gasteiger partial charge is 0.120 e. The molecule has 1 saturated heterocycles. The molecule has 1 aliphatic heterocycles. The molecule has 1 fully saturated rings. The molecular formula is C24H28N2O2. The van der Waals surface area contributed by atoms with Crippen molar-refractivity contribution >= 4 is 16.5 Å². The number of rotatable bonds is 6. The molecule has 1 aliphatic rings. The first-order valence-corrected chi connectivity index (χ1v) is 9.96. The second kappa shape index (κ2) is 8.63. The lowest BCUT2D eigenvalue weighted by Crippen LogP contribution is -2.47. The number of hydrogen-bond acceptors (Lipinski definition) is 4. The summed E-state index contributed by atoms with van der Waals surface area (Å²) >= 11 is 0. The molecule has 4 heteroatoms. The Hall–Kier alpha value is -2.56. The van der Waals surface area contributed by atoms with Crippen molar-refractivity contribution in [2.45, 2.75) is 19.1 Å². The summed E-state index contributed by atoms with van der Waals surface area (Å²) in [5, 5.41) is 6.28. The van der Waals surface area contributed by atoms with Gasteiger partial charge in [-0.05, 0) is 35.4 Å². The van der Waals surface area contributed by atoms with Crippen LogP contribution in [0.15, 0.2) is 66.7 Å². The minimum atomic E-state index is 0.164. The third-order valence-corrected chi connectivity index (χ3v) is 5.50. The van der Waals surface area contributed by atoms with E-state index >= 15 is 0 Å². The van der Waals surface area contributed by atoms with Crippen LogP contribution >= 0.6 is 0 Å². The lowest BCUT2D eigenvalue weighted by atomic mass is 9.99. The monoisotopic (exact) mass is 376 g/mol. The van der Waals surface area contributed by atoms with Crippen LogP contribution in [0.25, 0.3) is 10.8 Å². The Morgan fingerprint density at radius 3 is 2.82 bits per heavy atom. The molecule has 0 spiro atoms. The maximum absolute atomic E-state index is 6.02. The highest BCUT2D eigenvalue weighted by Crippen LogP contribution is 2.25. The molecule has 0 radical (unpaired) electrons. The van der Waals surface area contributed by atoms with Crippen LogP contribution in [-0.2, 0) is 4.74 Å². The fraction of sp³-hybridized carbons (Fsp3) is 0.333. The van der Waals surface area contributed by atoms with Gasteiger partial charge in [-0.15, -0.1) is 0 Å². The molecule has 0 amide bonds. The van der Waals surface area contributed by atoms with Crippen molar-refractivity contribution in [2.24, 2.45) is 0 Å². The number of ether oxygens (including phenoxy) is 2. The number of benzene rings is 3. The standard InChI is InChI=1S/C24H28N2O2/c1-18(23-12-5-8-19-7-3-4-11-24(19)23)25-16-22-17-26(13-14-28-22)20-9-6-10-21(15-20)27-2/h3-12,15,18,22,25H,13-14,16-17H2,1-2H3. The van der Waals surface area contributed by atoms with Crippen molar-refractivity contribution in [3.05, 3.63) is 72.3 Å². The molecule has 3 aromatic carbocycles. The molecule has 1 N–H and O–H groups in total. The number of fused-ring (bicyclic) bond motifs is 1. The quantitative estimate of drug-likeness (QED) is 0.691. The molecule has 4 nitrogen and oxygen atoms in total. The molecule has 28 heavy (non-hydrogen) atoms. The summed E-state index contributed by atoms with van der Waals surface area (Å²) in [6.07, 6.45) is 0.164. The van der Waals surface area contributed by atoms with Crippen molar-refractivity contribution < 1.29 is 9.47 Å². The molecule has 4 rings (SSSR count). The summed E-state index contributed by atoms with van der Waals surface area (Å²) in [6.45, 7) is 5.58. The third kappa shape index (κ3) is 4.13. The zero-order valence-electron chi connectivity index (χ0n) is 16.6. The van der Waals surface area contributed by atoms with Crippen molar-refractivity contribution in [1.29, 1.82) is 0 Å². The lowest BCUT2D eigenvalue weighted by Gasteiger charge is -2.35. The van der Waals surface area contributed by atoms with E-state index in [1.807, 2.05) is 12.1 Å². The highest BCUT2D eigenvalue weighted by molar-refractivity contribution is 5.86. The van der Waals surface area contributed by atoms with E-state index in [2.05, 4.69) is 71.7 Å². The van der Waals surface area contributed by atoms with Crippen molar-refractivity contribution in [1.82, 2.24) is 5.32 Å². The molecule has 1 heterocycles. The number of nitrogens with zero attached hydrogens (tertiary/aromatic N) is 1.